The maximum atomic E-state index is 10.1. The molecule has 78 valence electrons. The number of hydrogen-bond donors (Lipinski definition) is 0. The van der Waals surface area contributed by atoms with E-state index in [9.17, 15) is 4.79 Å². The minimum absolute atomic E-state index is 0.271. The third-order valence-electron chi connectivity index (χ3n) is 2.51. The molecule has 0 aromatic heterocycles. The lowest BCUT2D eigenvalue weighted by molar-refractivity contribution is 0.269. The van der Waals surface area contributed by atoms with Gasteiger partial charge in [0.25, 0.3) is 0 Å². The number of nitrogens with zero attached hydrogens (tertiary/aromatic N) is 1. The molecular formula is C11H10BrNO2. The molecule has 1 unspecified atom stereocenters. The maximum absolute atomic E-state index is 10.1. The zero-order valence-electron chi connectivity index (χ0n) is 8.07. The van der Waals surface area contributed by atoms with Gasteiger partial charge in [0.1, 0.15) is 5.75 Å². The van der Waals surface area contributed by atoms with Gasteiger partial charge in [-0.2, -0.15) is 0 Å². The number of fused-ring (bicyclic) bond motifs is 1. The molecule has 1 aromatic rings. The van der Waals surface area contributed by atoms with Crippen LogP contribution in [-0.2, 0) is 4.79 Å². The number of benzene rings is 1. The molecule has 0 amide bonds. The first-order chi connectivity index (χ1) is 7.31. The Morgan fingerprint density at radius 2 is 2.47 bits per heavy atom. The number of ether oxygens (including phenoxy) is 1. The monoisotopic (exact) mass is 267 g/mol. The fourth-order valence-electron chi connectivity index (χ4n) is 1.77. The van der Waals surface area contributed by atoms with Crippen molar-refractivity contribution in [3.63, 3.8) is 0 Å². The van der Waals surface area contributed by atoms with E-state index in [2.05, 4.69) is 20.9 Å². The second kappa shape index (κ2) is 4.60. The highest BCUT2D eigenvalue weighted by Gasteiger charge is 2.21. The molecule has 0 fully saturated rings. The molecule has 0 saturated carbocycles. The van der Waals surface area contributed by atoms with Gasteiger partial charge in [0.2, 0.25) is 6.08 Å². The van der Waals surface area contributed by atoms with Crippen LogP contribution >= 0.6 is 15.9 Å². The van der Waals surface area contributed by atoms with Crippen molar-refractivity contribution in [3.05, 3.63) is 28.2 Å². The van der Waals surface area contributed by atoms with Gasteiger partial charge in [0.05, 0.1) is 13.2 Å². The van der Waals surface area contributed by atoms with Crippen LogP contribution in [0.4, 0.5) is 0 Å². The maximum Gasteiger partial charge on any atom is 0.234 e. The Morgan fingerprint density at radius 1 is 1.60 bits per heavy atom. The van der Waals surface area contributed by atoms with Crippen LogP contribution in [0.15, 0.2) is 27.7 Å². The van der Waals surface area contributed by atoms with Gasteiger partial charge in [-0.05, 0) is 24.6 Å². The number of hydrogen-bond acceptors (Lipinski definition) is 3. The van der Waals surface area contributed by atoms with Crippen molar-refractivity contribution >= 4 is 22.0 Å². The molecule has 0 aliphatic carbocycles. The van der Waals surface area contributed by atoms with Gasteiger partial charge < -0.3 is 4.74 Å². The Labute approximate surface area is 96.3 Å². The minimum atomic E-state index is 0.271. The molecule has 1 aliphatic heterocycles. The Balaban J connectivity index is 2.31. The summed E-state index contributed by atoms with van der Waals surface area (Å²) in [6, 6.07) is 5.92. The number of halogens is 1. The van der Waals surface area contributed by atoms with Crippen LogP contribution < -0.4 is 4.74 Å². The molecule has 4 heteroatoms. The van der Waals surface area contributed by atoms with E-state index in [1.54, 1.807) is 6.08 Å². The molecule has 1 heterocycles. The molecule has 15 heavy (non-hydrogen) atoms. The van der Waals surface area contributed by atoms with Crippen molar-refractivity contribution < 1.29 is 9.53 Å². The highest BCUT2D eigenvalue weighted by Crippen LogP contribution is 2.35. The van der Waals surface area contributed by atoms with E-state index >= 15 is 0 Å². The number of aliphatic imine (C=N–C) groups is 1. The molecule has 0 spiro atoms. The molecule has 0 bridgehead atoms. The third kappa shape index (κ3) is 2.28. The summed E-state index contributed by atoms with van der Waals surface area (Å²) in [6.45, 7) is 1.18. The number of isocyanates is 1. The van der Waals surface area contributed by atoms with Crippen LogP contribution in [0, 0.1) is 0 Å². The average Bonchev–Trinajstić information content (AvgIpc) is 2.26. The first kappa shape index (κ1) is 10.4. The topological polar surface area (TPSA) is 38.7 Å². The summed E-state index contributed by atoms with van der Waals surface area (Å²) in [5, 5.41) is 0. The molecule has 3 nitrogen and oxygen atoms in total. The summed E-state index contributed by atoms with van der Waals surface area (Å²) in [5.74, 6) is 1.17. The smallest absolute Gasteiger partial charge is 0.234 e. The predicted molar refractivity (Wildman–Crippen MR) is 60.0 cm³/mol. The van der Waals surface area contributed by atoms with E-state index < -0.39 is 0 Å². The average molecular weight is 268 g/mol. The van der Waals surface area contributed by atoms with E-state index in [-0.39, 0.29) is 5.92 Å². The Hall–Kier alpha value is -1.12. The second-order valence-corrected chi connectivity index (χ2v) is 4.36. The molecule has 1 atom stereocenters. The summed E-state index contributed by atoms with van der Waals surface area (Å²) < 4.78 is 6.55. The lowest BCUT2D eigenvalue weighted by atomic mass is 9.93. The Morgan fingerprint density at radius 3 is 3.27 bits per heavy atom. The van der Waals surface area contributed by atoms with Gasteiger partial charge in [-0.3, -0.25) is 0 Å². The van der Waals surface area contributed by atoms with Crippen LogP contribution in [-0.4, -0.2) is 19.2 Å². The van der Waals surface area contributed by atoms with Gasteiger partial charge >= 0.3 is 0 Å². The second-order valence-electron chi connectivity index (χ2n) is 3.45. The van der Waals surface area contributed by atoms with Gasteiger partial charge in [-0.1, -0.05) is 15.9 Å². The van der Waals surface area contributed by atoms with Crippen LogP contribution in [0.25, 0.3) is 0 Å². The summed E-state index contributed by atoms with van der Waals surface area (Å²) >= 11 is 3.42. The highest BCUT2D eigenvalue weighted by molar-refractivity contribution is 9.10. The van der Waals surface area contributed by atoms with Crippen molar-refractivity contribution in [2.45, 2.75) is 12.3 Å². The summed E-state index contributed by atoms with van der Waals surface area (Å²) in [6.07, 6.45) is 2.48. The fraction of sp³-hybridized carbons (Fsp3) is 0.364. The molecule has 0 N–H and O–H groups in total. The van der Waals surface area contributed by atoms with Crippen molar-refractivity contribution in [3.8, 4) is 5.75 Å². The molecular weight excluding hydrogens is 258 g/mol. The quantitative estimate of drug-likeness (QED) is 0.611. The van der Waals surface area contributed by atoms with E-state index in [1.807, 2.05) is 18.2 Å². The van der Waals surface area contributed by atoms with Crippen molar-refractivity contribution in [1.82, 2.24) is 0 Å². The van der Waals surface area contributed by atoms with E-state index in [0.717, 1.165) is 22.2 Å². The Kier molecular flexibility index (Phi) is 3.19. The standard InChI is InChI=1S/C11H10BrNO2/c12-9-1-2-11-10(5-9)8(3-4-15-11)6-13-7-14/h1-2,5,8H,3-4,6H2. The van der Waals surface area contributed by atoms with Crippen LogP contribution in [0.3, 0.4) is 0 Å². The molecule has 0 radical (unpaired) electrons. The SMILES string of the molecule is O=C=NCC1CCOc2ccc(Br)cc21. The summed E-state index contributed by atoms with van der Waals surface area (Å²) in [4.78, 5) is 13.7. The first-order valence-corrected chi connectivity index (χ1v) is 5.56. The van der Waals surface area contributed by atoms with Crippen LogP contribution in [0.5, 0.6) is 5.75 Å². The summed E-state index contributed by atoms with van der Waals surface area (Å²) in [7, 11) is 0. The lowest BCUT2D eigenvalue weighted by Gasteiger charge is -2.24. The largest absolute Gasteiger partial charge is 0.493 e. The van der Waals surface area contributed by atoms with Crippen molar-refractivity contribution in [2.24, 2.45) is 4.99 Å². The van der Waals surface area contributed by atoms with Gasteiger partial charge in [-0.15, -0.1) is 0 Å². The molecule has 2 rings (SSSR count). The van der Waals surface area contributed by atoms with E-state index in [1.165, 1.54) is 0 Å². The van der Waals surface area contributed by atoms with Crippen molar-refractivity contribution in [2.75, 3.05) is 13.2 Å². The molecule has 1 aliphatic rings. The predicted octanol–water partition coefficient (Wildman–Crippen LogP) is 2.65. The highest BCUT2D eigenvalue weighted by atomic mass is 79.9. The van der Waals surface area contributed by atoms with Gasteiger partial charge in [0, 0.05) is 16.0 Å². The molecule has 1 aromatic carbocycles. The number of carbonyl (C=O) groups excluding carboxylic acids is 1. The lowest BCUT2D eigenvalue weighted by Crippen LogP contribution is -2.16. The van der Waals surface area contributed by atoms with Crippen LogP contribution in [0.2, 0.25) is 0 Å². The third-order valence-corrected chi connectivity index (χ3v) is 3.01. The molecule has 0 saturated heterocycles. The van der Waals surface area contributed by atoms with Crippen LogP contribution in [0.1, 0.15) is 17.9 Å². The van der Waals surface area contributed by atoms with Gasteiger partial charge in [0.15, 0.2) is 0 Å². The van der Waals surface area contributed by atoms with E-state index in [0.29, 0.717) is 13.2 Å². The first-order valence-electron chi connectivity index (χ1n) is 4.77. The zero-order chi connectivity index (χ0) is 10.7. The number of rotatable bonds is 2. The normalized spacial score (nSPS) is 18.6. The van der Waals surface area contributed by atoms with Gasteiger partial charge in [-0.25, -0.2) is 9.79 Å². The van der Waals surface area contributed by atoms with Crippen molar-refractivity contribution in [1.29, 1.82) is 0 Å². The summed E-state index contributed by atoms with van der Waals surface area (Å²) in [5.41, 5.74) is 1.12. The minimum Gasteiger partial charge on any atom is -0.493 e. The van der Waals surface area contributed by atoms with E-state index in [4.69, 9.17) is 4.74 Å². The zero-order valence-corrected chi connectivity index (χ0v) is 9.66. The fourth-order valence-corrected chi connectivity index (χ4v) is 2.15. The Bertz CT molecular complexity index is 413.